The number of benzene rings is 2. The number of ether oxygens (including phenoxy) is 5. The molecule has 2 fully saturated rings. The highest BCUT2D eigenvalue weighted by molar-refractivity contribution is 7.99. The van der Waals surface area contributed by atoms with Crippen LogP contribution in [0.1, 0.15) is 63.7 Å². The highest BCUT2D eigenvalue weighted by Gasteiger charge is 2.45. The quantitative estimate of drug-likeness (QED) is 0.0288. The molecule has 2 atom stereocenters. The van der Waals surface area contributed by atoms with Gasteiger partial charge in [-0.3, -0.25) is 39.0 Å². The second-order valence-corrected chi connectivity index (χ2v) is 16.8. The van der Waals surface area contributed by atoms with Gasteiger partial charge >= 0.3 is 0 Å². The minimum atomic E-state index is -1.04. The van der Waals surface area contributed by atoms with Gasteiger partial charge in [-0.1, -0.05) is 12.0 Å². The predicted molar refractivity (Wildman–Crippen MR) is 249 cm³/mol. The van der Waals surface area contributed by atoms with Gasteiger partial charge < -0.3 is 45.0 Å². The van der Waals surface area contributed by atoms with E-state index in [9.17, 15) is 28.8 Å². The average Bonchev–Trinajstić information content (AvgIpc) is 4.05. The van der Waals surface area contributed by atoms with Crippen LogP contribution in [0.5, 0.6) is 11.5 Å². The lowest BCUT2D eigenvalue weighted by atomic mass is 10.0. The van der Waals surface area contributed by atoms with Crippen LogP contribution in [-0.4, -0.2) is 156 Å². The van der Waals surface area contributed by atoms with Crippen molar-refractivity contribution in [1.82, 2.24) is 40.2 Å². The number of amides is 6. The lowest BCUT2D eigenvalue weighted by Gasteiger charge is -2.27. The van der Waals surface area contributed by atoms with E-state index in [2.05, 4.69) is 37.8 Å². The molecule has 0 spiro atoms. The molecular weight excluding hydrogens is 901 g/mol. The molecule has 22 heteroatoms. The highest BCUT2D eigenvalue weighted by atomic mass is 32.2. The number of thioether (sulfide) groups is 1. The number of rotatable bonds is 22. The molecule has 358 valence electrons. The van der Waals surface area contributed by atoms with Crippen LogP contribution in [0.4, 0.5) is 11.5 Å². The zero-order valence-corrected chi connectivity index (χ0v) is 38.4. The minimum Gasteiger partial charge on any atom is -0.499 e. The topological polar surface area (TPSA) is 261 Å². The maximum absolute atomic E-state index is 13.2. The highest BCUT2D eigenvalue weighted by Crippen LogP contribution is 2.33. The van der Waals surface area contributed by atoms with Crippen LogP contribution >= 0.6 is 11.8 Å². The van der Waals surface area contributed by atoms with Gasteiger partial charge in [-0.15, -0.1) is 0 Å². The number of hydrogen-bond donors (Lipinski definition) is 4. The molecule has 6 amide bonds. The molecule has 2 saturated heterocycles. The van der Waals surface area contributed by atoms with Crippen LogP contribution in [0, 0.1) is 11.8 Å². The first-order valence-electron chi connectivity index (χ1n) is 22.0. The molecule has 3 aliphatic heterocycles. The molecule has 0 saturated carbocycles. The Morgan fingerprint density at radius 3 is 2.50 bits per heavy atom. The SMILES string of the molecule is COc1cc(C#Cc2nn([C@H]3CCN(C(=O)CCSCCNC(=O)C=COCCOCCOCCNc4cccc5c4C(=O)N(C4CCC(=O)NC4=O)C5=O)C3)c3ncnc(N)c23)cc(OC)c1. The number of nitrogens with one attached hydrogen (secondary N) is 3. The Morgan fingerprint density at radius 2 is 1.72 bits per heavy atom. The zero-order chi connectivity index (χ0) is 48.0. The summed E-state index contributed by atoms with van der Waals surface area (Å²) in [4.78, 5) is 86.9. The minimum absolute atomic E-state index is 0.0426. The maximum Gasteiger partial charge on any atom is 0.264 e. The van der Waals surface area contributed by atoms with Gasteiger partial charge in [-0.05, 0) is 43.0 Å². The third-order valence-electron chi connectivity index (χ3n) is 11.1. The van der Waals surface area contributed by atoms with Crippen molar-refractivity contribution in [2.24, 2.45) is 0 Å². The first kappa shape index (κ1) is 48.7. The summed E-state index contributed by atoms with van der Waals surface area (Å²) in [6.45, 7) is 3.22. The van der Waals surface area contributed by atoms with E-state index in [0.717, 1.165) is 4.90 Å². The summed E-state index contributed by atoms with van der Waals surface area (Å²) < 4.78 is 29.0. The van der Waals surface area contributed by atoms with Gasteiger partial charge in [-0.2, -0.15) is 16.9 Å². The number of carbonyl (C=O) groups excluding carboxylic acids is 6. The molecule has 7 rings (SSSR count). The summed E-state index contributed by atoms with van der Waals surface area (Å²) in [5.41, 5.74) is 8.75. The molecule has 2 aromatic heterocycles. The Kier molecular flexibility index (Phi) is 16.8. The third kappa shape index (κ3) is 12.0. The zero-order valence-electron chi connectivity index (χ0n) is 37.6. The maximum atomic E-state index is 13.2. The molecule has 0 aliphatic carbocycles. The van der Waals surface area contributed by atoms with Crippen LogP contribution in [0.25, 0.3) is 11.0 Å². The van der Waals surface area contributed by atoms with Crippen LogP contribution in [0.3, 0.4) is 0 Å². The van der Waals surface area contributed by atoms with Crippen LogP contribution < -0.4 is 31.2 Å². The number of nitrogens with zero attached hydrogens (tertiary/aromatic N) is 6. The number of fused-ring (bicyclic) bond motifs is 2. The molecule has 0 radical (unpaired) electrons. The van der Waals surface area contributed by atoms with Gasteiger partial charge in [0.25, 0.3) is 11.8 Å². The number of nitrogen functional groups attached to an aromatic ring is 1. The first-order chi connectivity index (χ1) is 33.1. The van der Waals surface area contributed by atoms with E-state index in [0.29, 0.717) is 110 Å². The molecular formula is C46H52N10O11S. The van der Waals surface area contributed by atoms with Crippen molar-refractivity contribution in [1.29, 1.82) is 0 Å². The van der Waals surface area contributed by atoms with Crippen molar-refractivity contribution in [3.63, 3.8) is 0 Å². The first-order valence-corrected chi connectivity index (χ1v) is 23.1. The lowest BCUT2D eigenvalue weighted by Crippen LogP contribution is -2.54. The van der Waals surface area contributed by atoms with Gasteiger partial charge in [0.2, 0.25) is 23.6 Å². The number of imide groups is 2. The van der Waals surface area contributed by atoms with Gasteiger partial charge in [0, 0.05) is 73.9 Å². The van der Waals surface area contributed by atoms with Gasteiger partial charge in [-0.25, -0.2) is 14.6 Å². The Hall–Kier alpha value is -7.22. The molecule has 1 unspecified atom stereocenters. The number of aromatic nitrogens is 4. The molecule has 0 bridgehead atoms. The predicted octanol–water partition coefficient (Wildman–Crippen LogP) is 1.92. The normalized spacial score (nSPS) is 16.7. The molecule has 21 nitrogen and oxygen atoms in total. The van der Waals surface area contributed by atoms with Crippen molar-refractivity contribution in [2.45, 2.75) is 37.8 Å². The number of piperidine rings is 1. The Morgan fingerprint density at radius 1 is 0.941 bits per heavy atom. The largest absolute Gasteiger partial charge is 0.499 e. The Bertz CT molecular complexity index is 2610. The summed E-state index contributed by atoms with van der Waals surface area (Å²) in [6, 6.07) is 9.06. The average molecular weight is 953 g/mol. The Balaban J connectivity index is 0.717. The molecule has 4 aromatic rings. The van der Waals surface area contributed by atoms with E-state index in [-0.39, 0.29) is 60.9 Å². The fourth-order valence-corrected chi connectivity index (χ4v) is 8.54. The molecule has 5 heterocycles. The van der Waals surface area contributed by atoms with E-state index in [1.165, 1.54) is 24.7 Å². The molecule has 5 N–H and O–H groups in total. The summed E-state index contributed by atoms with van der Waals surface area (Å²) in [6.07, 6.45) is 5.18. The van der Waals surface area contributed by atoms with Crippen LogP contribution in [0.2, 0.25) is 0 Å². The van der Waals surface area contributed by atoms with E-state index in [4.69, 9.17) is 34.5 Å². The van der Waals surface area contributed by atoms with Crippen molar-refractivity contribution >= 4 is 69.7 Å². The number of nitrogens with two attached hydrogens (primary N) is 1. The van der Waals surface area contributed by atoms with Crippen molar-refractivity contribution < 1.29 is 52.5 Å². The number of carbonyl (C=O) groups is 6. The van der Waals surface area contributed by atoms with Crippen molar-refractivity contribution in [3.8, 4) is 23.3 Å². The number of anilines is 2. The number of hydrogen-bond acceptors (Lipinski definition) is 17. The standard InChI is InChI=1S/C46H52N10O11S/c1-63-31-24-29(25-32(26-31)64-2)6-7-35-41-42(47)50-28-51-43(41)56(53-35)30-10-15-54(27-30)39(59)12-22-68-23-14-49-37(57)11-16-65-18-20-67-21-19-66-17-13-48-34-5-3-4-33-40(34)46(62)55(45(33)61)36-8-9-38(58)52-44(36)60/h3-5,11,16,24-26,28,30,36,48H,8-10,12-15,17-23,27H2,1-2H3,(H,49,57)(H2,47,50,51)(H,52,58,60)/t30-,36?/m0/s1. The summed E-state index contributed by atoms with van der Waals surface area (Å²) in [5.74, 6) is 6.45. The summed E-state index contributed by atoms with van der Waals surface area (Å²) >= 11 is 1.58. The summed E-state index contributed by atoms with van der Waals surface area (Å²) in [5, 5.41) is 13.4. The Labute approximate surface area is 395 Å². The van der Waals surface area contributed by atoms with E-state index in [1.807, 2.05) is 4.90 Å². The van der Waals surface area contributed by atoms with Crippen molar-refractivity contribution in [2.75, 3.05) is 96.0 Å². The van der Waals surface area contributed by atoms with E-state index in [1.54, 1.807) is 61.0 Å². The van der Waals surface area contributed by atoms with Crippen LogP contribution in [-0.2, 0) is 33.4 Å². The van der Waals surface area contributed by atoms with Gasteiger partial charge in [0.1, 0.15) is 42.0 Å². The monoisotopic (exact) mass is 952 g/mol. The van der Waals surface area contributed by atoms with Gasteiger partial charge in [0.15, 0.2) is 5.65 Å². The van der Waals surface area contributed by atoms with Crippen LogP contribution in [0.15, 0.2) is 55.1 Å². The fourth-order valence-electron chi connectivity index (χ4n) is 7.77. The lowest BCUT2D eigenvalue weighted by molar-refractivity contribution is -0.136. The second-order valence-electron chi connectivity index (χ2n) is 15.5. The van der Waals surface area contributed by atoms with E-state index >= 15 is 0 Å². The molecule has 3 aliphatic rings. The van der Waals surface area contributed by atoms with Crippen molar-refractivity contribution in [3.05, 3.63) is 77.4 Å². The summed E-state index contributed by atoms with van der Waals surface area (Å²) in [7, 11) is 3.14. The smallest absolute Gasteiger partial charge is 0.264 e. The van der Waals surface area contributed by atoms with E-state index < -0.39 is 29.7 Å². The van der Waals surface area contributed by atoms with Gasteiger partial charge in [0.05, 0.1) is 69.5 Å². The fraction of sp³-hybridized carbons (Fsp3) is 0.413. The number of methoxy groups -OCH3 is 2. The second kappa shape index (κ2) is 23.5. The third-order valence-corrected chi connectivity index (χ3v) is 12.1. The number of likely N-dealkylation sites (tertiary alicyclic amines) is 1. The molecule has 68 heavy (non-hydrogen) atoms. The molecule has 2 aromatic carbocycles.